The number of fused-ring (bicyclic) bond motifs is 1. The average molecular weight is 371 g/mol. The molecular formula is C23H21N3O2. The highest BCUT2D eigenvalue weighted by Crippen LogP contribution is 2.28. The second-order valence-electron chi connectivity index (χ2n) is 6.99. The molecule has 0 aliphatic heterocycles. The van der Waals surface area contributed by atoms with Crippen molar-refractivity contribution >= 4 is 22.6 Å². The molecule has 1 heterocycles. The number of hydrogen-bond donors (Lipinski definition) is 2. The molecule has 0 fully saturated rings. The van der Waals surface area contributed by atoms with E-state index in [1.165, 1.54) is 0 Å². The van der Waals surface area contributed by atoms with Crippen molar-refractivity contribution < 1.29 is 4.79 Å². The number of aromatic nitrogens is 2. The van der Waals surface area contributed by atoms with Crippen LogP contribution in [0, 0.1) is 0 Å². The third-order valence-electron chi connectivity index (χ3n) is 4.76. The van der Waals surface area contributed by atoms with E-state index in [2.05, 4.69) is 10.3 Å². The minimum Gasteiger partial charge on any atom is -0.321 e. The predicted molar refractivity (Wildman–Crippen MR) is 113 cm³/mol. The molecule has 0 spiro atoms. The summed E-state index contributed by atoms with van der Waals surface area (Å²) in [6.07, 6.45) is 0. The van der Waals surface area contributed by atoms with E-state index in [0.29, 0.717) is 11.1 Å². The smallest absolute Gasteiger partial charge is 0.321 e. The molecule has 28 heavy (non-hydrogen) atoms. The Bertz CT molecular complexity index is 1200. The number of nitrogens with zero attached hydrogens (tertiary/aromatic N) is 1. The maximum absolute atomic E-state index is 12.9. The summed E-state index contributed by atoms with van der Waals surface area (Å²) in [5, 5.41) is 3.00. The molecule has 5 heteroatoms. The molecule has 4 aromatic rings. The fourth-order valence-corrected chi connectivity index (χ4v) is 3.44. The molecule has 0 aliphatic carbocycles. The van der Waals surface area contributed by atoms with Crippen molar-refractivity contribution in [3.8, 4) is 11.1 Å². The summed E-state index contributed by atoms with van der Waals surface area (Å²) < 4.78 is 1.68. The van der Waals surface area contributed by atoms with E-state index in [9.17, 15) is 9.59 Å². The number of para-hydroxylation sites is 1. The van der Waals surface area contributed by atoms with Crippen molar-refractivity contribution in [1.82, 2.24) is 9.55 Å². The minimum atomic E-state index is -0.219. The number of benzene rings is 3. The summed E-state index contributed by atoms with van der Waals surface area (Å²) in [6, 6.07) is 22.9. The van der Waals surface area contributed by atoms with Crippen LogP contribution in [0.25, 0.3) is 22.2 Å². The zero-order valence-corrected chi connectivity index (χ0v) is 15.8. The molecule has 0 atom stereocenters. The third-order valence-corrected chi connectivity index (χ3v) is 4.76. The molecule has 5 nitrogen and oxygen atoms in total. The molecule has 0 saturated heterocycles. The summed E-state index contributed by atoms with van der Waals surface area (Å²) in [5.41, 5.74) is 4.50. The van der Waals surface area contributed by atoms with E-state index in [4.69, 9.17) is 0 Å². The highest BCUT2D eigenvalue weighted by atomic mass is 16.2. The van der Waals surface area contributed by atoms with Crippen LogP contribution in [0.5, 0.6) is 0 Å². The maximum atomic E-state index is 12.9. The molecule has 1 aromatic heterocycles. The predicted octanol–water partition coefficient (Wildman–Crippen LogP) is 4.83. The molecular weight excluding hydrogens is 350 g/mol. The lowest BCUT2D eigenvalue weighted by molar-refractivity contribution is 0.102. The van der Waals surface area contributed by atoms with Gasteiger partial charge in [-0.25, -0.2) is 4.79 Å². The lowest BCUT2D eigenvalue weighted by Gasteiger charge is -2.12. The number of rotatable bonds is 4. The first-order valence-electron chi connectivity index (χ1n) is 9.24. The van der Waals surface area contributed by atoms with Crippen LogP contribution in [0.4, 0.5) is 5.69 Å². The molecule has 140 valence electrons. The average Bonchev–Trinajstić information content (AvgIpc) is 3.04. The highest BCUT2D eigenvalue weighted by molar-refractivity contribution is 6.07. The van der Waals surface area contributed by atoms with Gasteiger partial charge < -0.3 is 10.3 Å². The van der Waals surface area contributed by atoms with Gasteiger partial charge in [-0.15, -0.1) is 0 Å². The monoisotopic (exact) mass is 371 g/mol. The Morgan fingerprint density at radius 3 is 2.43 bits per heavy atom. The number of carbonyl (C=O) groups excluding carboxylic acids is 1. The number of carbonyl (C=O) groups is 1. The Balaban J connectivity index is 1.68. The Kier molecular flexibility index (Phi) is 4.57. The fourth-order valence-electron chi connectivity index (χ4n) is 3.44. The van der Waals surface area contributed by atoms with Crippen LogP contribution in [0.15, 0.2) is 77.6 Å². The Hall–Kier alpha value is -3.60. The van der Waals surface area contributed by atoms with Crippen LogP contribution in [0.3, 0.4) is 0 Å². The Labute approximate surface area is 162 Å². The van der Waals surface area contributed by atoms with Gasteiger partial charge in [-0.1, -0.05) is 48.5 Å². The minimum absolute atomic E-state index is 0.0404. The van der Waals surface area contributed by atoms with Crippen molar-refractivity contribution in [2.24, 2.45) is 0 Å². The number of amides is 1. The Morgan fingerprint density at radius 1 is 0.964 bits per heavy atom. The second kappa shape index (κ2) is 7.19. The quantitative estimate of drug-likeness (QED) is 0.539. The largest absolute Gasteiger partial charge is 0.326 e. The fraction of sp³-hybridized carbons (Fsp3) is 0.130. The van der Waals surface area contributed by atoms with Crippen LogP contribution in [0.1, 0.15) is 30.2 Å². The van der Waals surface area contributed by atoms with Crippen molar-refractivity contribution in [2.45, 2.75) is 19.9 Å². The van der Waals surface area contributed by atoms with Gasteiger partial charge in [0.15, 0.2) is 0 Å². The van der Waals surface area contributed by atoms with Crippen molar-refractivity contribution in [3.05, 3.63) is 88.8 Å². The molecule has 0 bridgehead atoms. The summed E-state index contributed by atoms with van der Waals surface area (Å²) in [6.45, 7) is 3.91. The van der Waals surface area contributed by atoms with Crippen LogP contribution < -0.4 is 11.0 Å². The molecule has 3 aromatic carbocycles. The first kappa shape index (κ1) is 17.8. The summed E-state index contributed by atoms with van der Waals surface area (Å²) >= 11 is 0. The number of anilines is 1. The van der Waals surface area contributed by atoms with Gasteiger partial charge in [0.05, 0.1) is 11.0 Å². The van der Waals surface area contributed by atoms with Crippen LogP contribution in [-0.2, 0) is 0 Å². The molecule has 4 rings (SSSR count). The van der Waals surface area contributed by atoms with E-state index in [-0.39, 0.29) is 17.6 Å². The Morgan fingerprint density at radius 2 is 1.68 bits per heavy atom. The number of hydrogen-bond acceptors (Lipinski definition) is 2. The lowest BCUT2D eigenvalue weighted by atomic mass is 10.0. The molecule has 0 saturated carbocycles. The molecule has 2 N–H and O–H groups in total. The van der Waals surface area contributed by atoms with E-state index in [0.717, 1.165) is 22.3 Å². The molecule has 0 radical (unpaired) electrons. The van der Waals surface area contributed by atoms with Crippen LogP contribution in [0.2, 0.25) is 0 Å². The molecule has 0 unspecified atom stereocenters. The van der Waals surface area contributed by atoms with E-state index >= 15 is 0 Å². The van der Waals surface area contributed by atoms with Crippen LogP contribution >= 0.6 is 0 Å². The SMILES string of the molecule is CC(C)n1c(=O)[nH]c2cc(C(=O)Nc3ccccc3-c3ccccc3)ccc21. The first-order valence-corrected chi connectivity index (χ1v) is 9.24. The summed E-state index contributed by atoms with van der Waals surface area (Å²) in [5.74, 6) is -0.219. The number of aromatic amines is 1. The van der Waals surface area contributed by atoms with Gasteiger partial charge in [0, 0.05) is 22.9 Å². The van der Waals surface area contributed by atoms with Gasteiger partial charge in [-0.3, -0.25) is 9.36 Å². The van der Waals surface area contributed by atoms with Gasteiger partial charge in [-0.2, -0.15) is 0 Å². The van der Waals surface area contributed by atoms with Gasteiger partial charge in [-0.05, 0) is 43.7 Å². The van der Waals surface area contributed by atoms with Crippen molar-refractivity contribution in [2.75, 3.05) is 5.32 Å². The normalized spacial score (nSPS) is 11.1. The van der Waals surface area contributed by atoms with Gasteiger partial charge >= 0.3 is 5.69 Å². The van der Waals surface area contributed by atoms with E-state index in [1.807, 2.05) is 74.5 Å². The van der Waals surface area contributed by atoms with E-state index in [1.54, 1.807) is 16.7 Å². The van der Waals surface area contributed by atoms with E-state index < -0.39 is 0 Å². The van der Waals surface area contributed by atoms with Crippen molar-refractivity contribution in [1.29, 1.82) is 0 Å². The van der Waals surface area contributed by atoms with Gasteiger partial charge in [0.2, 0.25) is 0 Å². The zero-order chi connectivity index (χ0) is 19.7. The highest BCUT2D eigenvalue weighted by Gasteiger charge is 2.14. The summed E-state index contributed by atoms with van der Waals surface area (Å²) in [7, 11) is 0. The van der Waals surface area contributed by atoms with Gasteiger partial charge in [0.25, 0.3) is 5.91 Å². The third kappa shape index (κ3) is 3.22. The zero-order valence-electron chi connectivity index (χ0n) is 15.8. The number of H-pyrrole nitrogens is 1. The number of nitrogens with one attached hydrogen (secondary N) is 2. The van der Waals surface area contributed by atoms with Crippen molar-refractivity contribution in [3.63, 3.8) is 0 Å². The summed E-state index contributed by atoms with van der Waals surface area (Å²) in [4.78, 5) is 27.8. The lowest BCUT2D eigenvalue weighted by Crippen LogP contribution is -2.18. The molecule has 1 amide bonds. The first-order chi connectivity index (χ1) is 13.5. The van der Waals surface area contributed by atoms with Crippen LogP contribution in [-0.4, -0.2) is 15.5 Å². The van der Waals surface area contributed by atoms with Gasteiger partial charge in [0.1, 0.15) is 0 Å². The molecule has 0 aliphatic rings. The number of imidazole rings is 1. The maximum Gasteiger partial charge on any atom is 0.326 e. The second-order valence-corrected chi connectivity index (χ2v) is 6.99. The standard InChI is InChI=1S/C23H21N3O2/c1-15(2)26-21-13-12-17(14-20(21)25-23(26)28)22(27)24-19-11-7-6-10-18(19)16-8-4-3-5-9-16/h3-15H,1-2H3,(H,24,27)(H,25,28). The topological polar surface area (TPSA) is 66.9 Å².